The van der Waals surface area contributed by atoms with Crippen molar-refractivity contribution in [1.29, 1.82) is 5.26 Å². The molecule has 0 aromatic rings. The van der Waals surface area contributed by atoms with Gasteiger partial charge in [-0.25, -0.2) is 0 Å². The molecule has 18 heavy (non-hydrogen) atoms. The molecule has 0 heterocycles. The van der Waals surface area contributed by atoms with E-state index in [0.717, 1.165) is 12.8 Å². The number of methoxy groups -OCH3 is 1. The number of amides is 1. The molecule has 0 saturated heterocycles. The molecule has 100 valence electrons. The lowest BCUT2D eigenvalue weighted by atomic mass is 9.86. The van der Waals surface area contributed by atoms with Gasteiger partial charge in [-0.2, -0.15) is 5.26 Å². The summed E-state index contributed by atoms with van der Waals surface area (Å²) in [5.74, 6) is -0.883. The maximum Gasteiger partial charge on any atom is 0.310 e. The number of carbonyl (C=O) groups is 2. The first-order valence-electron chi connectivity index (χ1n) is 6.21. The van der Waals surface area contributed by atoms with E-state index in [9.17, 15) is 14.9 Å². The number of nitriles is 1. The van der Waals surface area contributed by atoms with Crippen LogP contribution in [0.1, 0.15) is 32.6 Å². The number of hydrogen-bond donors (Lipinski definition) is 0. The predicted octanol–water partition coefficient (Wildman–Crippen LogP) is 1.34. The number of carbonyl (C=O) groups excluding carboxylic acids is 2. The number of hydrogen-bond acceptors (Lipinski definition) is 4. The molecule has 0 aliphatic heterocycles. The van der Waals surface area contributed by atoms with Gasteiger partial charge in [0.05, 0.1) is 19.1 Å². The minimum Gasteiger partial charge on any atom is -0.469 e. The molecule has 0 bridgehead atoms. The molecular formula is C13H20N2O3. The second-order valence-corrected chi connectivity index (χ2v) is 5.01. The third-order valence-electron chi connectivity index (χ3n) is 3.58. The van der Waals surface area contributed by atoms with E-state index >= 15 is 0 Å². The van der Waals surface area contributed by atoms with Gasteiger partial charge in [0.15, 0.2) is 0 Å². The quantitative estimate of drug-likeness (QED) is 0.708. The lowest BCUT2D eigenvalue weighted by Gasteiger charge is -2.27. The maximum atomic E-state index is 12.3. The predicted molar refractivity (Wildman–Crippen MR) is 65.3 cm³/mol. The summed E-state index contributed by atoms with van der Waals surface area (Å²) in [5, 5.41) is 9.24. The third kappa shape index (κ3) is 2.81. The van der Waals surface area contributed by atoms with Gasteiger partial charge in [-0.1, -0.05) is 19.8 Å². The Morgan fingerprint density at radius 3 is 2.44 bits per heavy atom. The minimum atomic E-state index is -0.870. The molecule has 0 radical (unpaired) electrons. The van der Waals surface area contributed by atoms with Gasteiger partial charge in [-0.05, 0) is 12.8 Å². The van der Waals surface area contributed by atoms with Gasteiger partial charge in [0.25, 0.3) is 0 Å². The summed E-state index contributed by atoms with van der Waals surface area (Å²) in [7, 11) is 2.97. The molecule has 5 heteroatoms. The fourth-order valence-electron chi connectivity index (χ4n) is 2.49. The summed E-state index contributed by atoms with van der Waals surface area (Å²) in [6, 6.07) is 2.17. The average molecular weight is 252 g/mol. The molecule has 0 spiro atoms. The van der Waals surface area contributed by atoms with E-state index in [1.54, 1.807) is 14.0 Å². The zero-order valence-corrected chi connectivity index (χ0v) is 11.2. The second kappa shape index (κ2) is 5.85. The largest absolute Gasteiger partial charge is 0.469 e. The van der Waals surface area contributed by atoms with Crippen LogP contribution in [0.15, 0.2) is 0 Å². The molecule has 0 aromatic carbocycles. The topological polar surface area (TPSA) is 70.4 Å². The van der Waals surface area contributed by atoms with Crippen LogP contribution in [-0.4, -0.2) is 37.5 Å². The zero-order valence-electron chi connectivity index (χ0n) is 11.2. The van der Waals surface area contributed by atoms with Gasteiger partial charge < -0.3 is 9.64 Å². The van der Waals surface area contributed by atoms with Crippen LogP contribution in [0.2, 0.25) is 0 Å². The summed E-state index contributed by atoms with van der Waals surface area (Å²) in [6.07, 6.45) is 3.08. The van der Waals surface area contributed by atoms with Gasteiger partial charge >= 0.3 is 5.97 Å². The Morgan fingerprint density at radius 2 is 2.00 bits per heavy atom. The van der Waals surface area contributed by atoms with Crippen LogP contribution < -0.4 is 0 Å². The molecule has 1 unspecified atom stereocenters. The molecule has 1 rings (SSSR count). The van der Waals surface area contributed by atoms with Crippen molar-refractivity contribution >= 4 is 11.9 Å². The van der Waals surface area contributed by atoms with Crippen LogP contribution in [0, 0.1) is 22.7 Å². The highest BCUT2D eigenvalue weighted by Crippen LogP contribution is 2.38. The Kier molecular flexibility index (Phi) is 4.71. The Bertz CT molecular complexity index is 367. The molecular weight excluding hydrogens is 232 g/mol. The Hall–Kier alpha value is -1.57. The monoisotopic (exact) mass is 252 g/mol. The molecule has 0 aromatic heterocycles. The Morgan fingerprint density at radius 1 is 1.44 bits per heavy atom. The normalized spacial score (nSPS) is 18.8. The molecule has 1 fully saturated rings. The third-order valence-corrected chi connectivity index (χ3v) is 3.58. The van der Waals surface area contributed by atoms with E-state index in [4.69, 9.17) is 0 Å². The van der Waals surface area contributed by atoms with Crippen molar-refractivity contribution in [2.75, 3.05) is 20.7 Å². The van der Waals surface area contributed by atoms with Crippen molar-refractivity contribution < 1.29 is 14.3 Å². The number of esters is 1. The van der Waals surface area contributed by atoms with E-state index in [2.05, 4.69) is 10.8 Å². The highest BCUT2D eigenvalue weighted by molar-refractivity contribution is 5.86. The zero-order chi connectivity index (χ0) is 13.8. The minimum absolute atomic E-state index is 0.168. The van der Waals surface area contributed by atoms with Gasteiger partial charge in [-0.3, -0.25) is 9.59 Å². The second-order valence-electron chi connectivity index (χ2n) is 5.01. The molecule has 1 atom stereocenters. The first-order chi connectivity index (χ1) is 8.46. The van der Waals surface area contributed by atoms with Gasteiger partial charge in [0.2, 0.25) is 5.91 Å². The summed E-state index contributed by atoms with van der Waals surface area (Å²) in [4.78, 5) is 25.1. The van der Waals surface area contributed by atoms with Gasteiger partial charge in [0, 0.05) is 13.6 Å². The van der Waals surface area contributed by atoms with Crippen LogP contribution in [-0.2, 0) is 14.3 Å². The highest BCUT2D eigenvalue weighted by Gasteiger charge is 2.43. The van der Waals surface area contributed by atoms with E-state index in [-0.39, 0.29) is 24.3 Å². The smallest absolute Gasteiger partial charge is 0.310 e. The summed E-state index contributed by atoms with van der Waals surface area (Å²) in [6.45, 7) is 2.00. The number of nitrogens with zero attached hydrogens (tertiary/aromatic N) is 2. The summed E-state index contributed by atoms with van der Waals surface area (Å²) < 4.78 is 4.63. The highest BCUT2D eigenvalue weighted by atomic mass is 16.5. The molecule has 1 aliphatic rings. The average Bonchev–Trinajstić information content (AvgIpc) is 2.86. The van der Waals surface area contributed by atoms with Crippen LogP contribution in [0.4, 0.5) is 0 Å². The molecule has 0 N–H and O–H groups in total. The maximum absolute atomic E-state index is 12.3. The lowest BCUT2D eigenvalue weighted by molar-refractivity contribution is -0.147. The molecule has 1 aliphatic carbocycles. The van der Waals surface area contributed by atoms with E-state index in [0.29, 0.717) is 12.8 Å². The van der Waals surface area contributed by atoms with Crippen molar-refractivity contribution in [2.24, 2.45) is 11.3 Å². The Balaban J connectivity index is 2.67. The van der Waals surface area contributed by atoms with Crippen molar-refractivity contribution in [3.63, 3.8) is 0 Å². The first-order valence-corrected chi connectivity index (χ1v) is 6.21. The van der Waals surface area contributed by atoms with Crippen molar-refractivity contribution in [2.45, 2.75) is 32.6 Å². The number of rotatable bonds is 4. The summed E-state index contributed by atoms with van der Waals surface area (Å²) in [5.41, 5.74) is -0.870. The van der Waals surface area contributed by atoms with Crippen molar-refractivity contribution in [3.05, 3.63) is 0 Å². The Labute approximate surface area is 108 Å². The fraction of sp³-hybridized carbons (Fsp3) is 0.769. The van der Waals surface area contributed by atoms with Crippen LogP contribution >= 0.6 is 0 Å². The van der Waals surface area contributed by atoms with Crippen molar-refractivity contribution in [1.82, 2.24) is 4.90 Å². The fourth-order valence-corrected chi connectivity index (χ4v) is 2.49. The van der Waals surface area contributed by atoms with E-state index < -0.39 is 5.41 Å². The van der Waals surface area contributed by atoms with Gasteiger partial charge in [-0.15, -0.1) is 0 Å². The van der Waals surface area contributed by atoms with Crippen LogP contribution in [0.5, 0.6) is 0 Å². The molecule has 1 saturated carbocycles. The number of ether oxygens (including phenoxy) is 1. The SMILES string of the molecule is COC(=O)C(C)CN(C)C(=O)C1(C#N)CCCC1. The van der Waals surface area contributed by atoms with E-state index in [1.807, 2.05) is 0 Å². The molecule has 1 amide bonds. The van der Waals surface area contributed by atoms with Crippen LogP contribution in [0.25, 0.3) is 0 Å². The van der Waals surface area contributed by atoms with Crippen molar-refractivity contribution in [3.8, 4) is 6.07 Å². The van der Waals surface area contributed by atoms with Gasteiger partial charge in [0.1, 0.15) is 5.41 Å². The molecule has 5 nitrogen and oxygen atoms in total. The van der Waals surface area contributed by atoms with Crippen LogP contribution in [0.3, 0.4) is 0 Å². The first kappa shape index (κ1) is 14.5. The van der Waals surface area contributed by atoms with E-state index in [1.165, 1.54) is 12.0 Å². The lowest BCUT2D eigenvalue weighted by Crippen LogP contribution is -2.42. The summed E-state index contributed by atoms with van der Waals surface area (Å²) >= 11 is 0. The standard InChI is InChI=1S/C13H20N2O3/c1-10(11(16)18-3)8-15(2)12(17)13(9-14)6-4-5-7-13/h10H,4-8H2,1-3H3.